The van der Waals surface area contributed by atoms with Gasteiger partial charge in [0.15, 0.2) is 6.61 Å². The Labute approximate surface area is 207 Å². The molecule has 0 spiro atoms. The van der Waals surface area contributed by atoms with Gasteiger partial charge >= 0.3 is 5.97 Å². The molecule has 0 bridgehead atoms. The van der Waals surface area contributed by atoms with Gasteiger partial charge in [-0.3, -0.25) is 4.79 Å². The van der Waals surface area contributed by atoms with Crippen LogP contribution in [-0.4, -0.2) is 24.7 Å². The number of nitrogens with one attached hydrogen (secondary N) is 1. The molecule has 0 saturated heterocycles. The van der Waals surface area contributed by atoms with Gasteiger partial charge in [0.25, 0.3) is 5.91 Å². The van der Waals surface area contributed by atoms with Crippen LogP contribution in [0.5, 0.6) is 11.5 Å². The van der Waals surface area contributed by atoms with E-state index in [1.54, 1.807) is 30.3 Å². The molecule has 0 aliphatic rings. The molecule has 0 fully saturated rings. The first-order valence-corrected chi connectivity index (χ1v) is 11.4. The Morgan fingerprint density at radius 3 is 2.17 bits per heavy atom. The van der Waals surface area contributed by atoms with Crippen LogP contribution in [0, 0.1) is 0 Å². The molecule has 5 rings (SSSR count). The smallest absolute Gasteiger partial charge is 0.343 e. The summed E-state index contributed by atoms with van der Waals surface area (Å²) in [5.74, 6) is 0.0688. The number of esters is 1. The lowest BCUT2D eigenvalue weighted by atomic mass is 10.0. The third-order valence-electron chi connectivity index (χ3n) is 5.63. The van der Waals surface area contributed by atoms with E-state index in [4.69, 9.17) is 9.47 Å². The summed E-state index contributed by atoms with van der Waals surface area (Å²) in [6, 6.07) is 33.5. The SMILES string of the molecule is O=C(COc1cccc2ccccc12)NN=Cc1c(OC(=O)c2ccccc2)ccc2ccccc12. The minimum absolute atomic E-state index is 0.198. The van der Waals surface area contributed by atoms with Crippen LogP contribution in [0.2, 0.25) is 0 Å². The van der Waals surface area contributed by atoms with E-state index in [2.05, 4.69) is 10.5 Å². The average molecular weight is 475 g/mol. The number of hydrogen-bond donors (Lipinski definition) is 1. The van der Waals surface area contributed by atoms with Gasteiger partial charge in [0.05, 0.1) is 11.8 Å². The van der Waals surface area contributed by atoms with Crippen molar-refractivity contribution in [3.63, 3.8) is 0 Å². The molecule has 176 valence electrons. The fraction of sp³-hybridized carbons (Fsp3) is 0.0333. The first-order valence-electron chi connectivity index (χ1n) is 11.4. The molecule has 0 aliphatic heterocycles. The summed E-state index contributed by atoms with van der Waals surface area (Å²) in [5, 5.41) is 7.85. The topological polar surface area (TPSA) is 77.0 Å². The van der Waals surface area contributed by atoms with Crippen LogP contribution >= 0.6 is 0 Å². The quantitative estimate of drug-likeness (QED) is 0.141. The maximum Gasteiger partial charge on any atom is 0.343 e. The molecule has 0 radical (unpaired) electrons. The number of fused-ring (bicyclic) bond motifs is 2. The third-order valence-corrected chi connectivity index (χ3v) is 5.63. The average Bonchev–Trinajstić information content (AvgIpc) is 2.93. The summed E-state index contributed by atoms with van der Waals surface area (Å²) in [6.45, 7) is -0.198. The fourth-order valence-corrected chi connectivity index (χ4v) is 3.90. The predicted octanol–water partition coefficient (Wildman–Crippen LogP) is 5.74. The van der Waals surface area contributed by atoms with Crippen LogP contribution in [0.1, 0.15) is 15.9 Å². The largest absolute Gasteiger partial charge is 0.483 e. The zero-order valence-corrected chi connectivity index (χ0v) is 19.3. The normalized spacial score (nSPS) is 11.0. The lowest BCUT2D eigenvalue weighted by Crippen LogP contribution is -2.24. The molecule has 0 atom stereocenters. The van der Waals surface area contributed by atoms with Gasteiger partial charge in [0, 0.05) is 10.9 Å². The number of ether oxygens (including phenoxy) is 2. The highest BCUT2D eigenvalue weighted by Crippen LogP contribution is 2.28. The summed E-state index contributed by atoms with van der Waals surface area (Å²) in [7, 11) is 0. The molecule has 1 amide bonds. The number of benzene rings is 5. The summed E-state index contributed by atoms with van der Waals surface area (Å²) >= 11 is 0. The van der Waals surface area contributed by atoms with Gasteiger partial charge in [0.2, 0.25) is 0 Å². The van der Waals surface area contributed by atoms with Crippen molar-refractivity contribution in [2.24, 2.45) is 5.10 Å². The van der Waals surface area contributed by atoms with Crippen molar-refractivity contribution in [2.75, 3.05) is 6.61 Å². The standard InChI is InChI=1S/C30H22N2O4/c33-29(20-35-27-16-8-13-21-9-5-7-15-25(21)27)32-31-19-26-24-14-6-4-10-22(24)17-18-28(26)36-30(34)23-11-2-1-3-12-23/h1-19H,20H2,(H,32,33). The lowest BCUT2D eigenvalue weighted by Gasteiger charge is -2.11. The van der Waals surface area contributed by atoms with Gasteiger partial charge in [-0.25, -0.2) is 10.2 Å². The fourth-order valence-electron chi connectivity index (χ4n) is 3.90. The van der Waals surface area contributed by atoms with E-state index in [-0.39, 0.29) is 6.61 Å². The zero-order valence-electron chi connectivity index (χ0n) is 19.3. The highest BCUT2D eigenvalue weighted by atomic mass is 16.5. The Morgan fingerprint density at radius 2 is 1.36 bits per heavy atom. The Bertz CT molecular complexity index is 1570. The maximum atomic E-state index is 12.6. The Morgan fingerprint density at radius 1 is 0.694 bits per heavy atom. The van der Waals surface area contributed by atoms with Crippen LogP contribution in [0.15, 0.2) is 114 Å². The predicted molar refractivity (Wildman–Crippen MR) is 141 cm³/mol. The van der Waals surface area contributed by atoms with Gasteiger partial charge in [-0.2, -0.15) is 5.10 Å². The number of rotatable bonds is 7. The Kier molecular flexibility index (Phi) is 6.67. The molecule has 0 aliphatic carbocycles. The molecule has 5 aromatic carbocycles. The van der Waals surface area contributed by atoms with Crippen LogP contribution in [0.3, 0.4) is 0 Å². The van der Waals surface area contributed by atoms with Crippen molar-refractivity contribution in [3.05, 3.63) is 120 Å². The summed E-state index contributed by atoms with van der Waals surface area (Å²) < 4.78 is 11.4. The van der Waals surface area contributed by atoms with E-state index in [0.717, 1.165) is 21.5 Å². The first kappa shape index (κ1) is 22.8. The number of nitrogens with zero attached hydrogens (tertiary/aromatic N) is 1. The number of carbonyl (C=O) groups is 2. The Balaban J connectivity index is 1.32. The summed E-state index contributed by atoms with van der Waals surface area (Å²) in [4.78, 5) is 25.1. The molecule has 36 heavy (non-hydrogen) atoms. The molecule has 0 unspecified atom stereocenters. The van der Waals surface area contributed by atoms with E-state index in [1.165, 1.54) is 6.21 Å². The van der Waals surface area contributed by atoms with Crippen LogP contribution in [0.25, 0.3) is 21.5 Å². The molecule has 6 nitrogen and oxygen atoms in total. The minimum atomic E-state index is -0.479. The van der Waals surface area contributed by atoms with E-state index >= 15 is 0 Å². The second kappa shape index (κ2) is 10.5. The highest BCUT2D eigenvalue weighted by Gasteiger charge is 2.13. The van der Waals surface area contributed by atoms with E-state index < -0.39 is 11.9 Å². The highest BCUT2D eigenvalue weighted by molar-refractivity contribution is 6.04. The van der Waals surface area contributed by atoms with Crippen LogP contribution in [0.4, 0.5) is 0 Å². The van der Waals surface area contributed by atoms with Crippen molar-refractivity contribution in [2.45, 2.75) is 0 Å². The molecule has 5 aromatic rings. The zero-order chi connectivity index (χ0) is 24.7. The number of carbonyl (C=O) groups excluding carboxylic acids is 2. The van der Waals surface area contributed by atoms with Crippen molar-refractivity contribution >= 4 is 39.6 Å². The summed E-state index contributed by atoms with van der Waals surface area (Å²) in [6.07, 6.45) is 1.48. The molecule has 0 aromatic heterocycles. The molecule has 1 N–H and O–H groups in total. The number of hydrogen-bond acceptors (Lipinski definition) is 5. The molecule has 6 heteroatoms. The minimum Gasteiger partial charge on any atom is -0.483 e. The number of amides is 1. The second-order valence-corrected chi connectivity index (χ2v) is 8.01. The van der Waals surface area contributed by atoms with Gasteiger partial charge < -0.3 is 9.47 Å². The van der Waals surface area contributed by atoms with Gasteiger partial charge in [-0.1, -0.05) is 84.9 Å². The van der Waals surface area contributed by atoms with E-state index in [1.807, 2.05) is 78.9 Å². The van der Waals surface area contributed by atoms with Crippen LogP contribution < -0.4 is 14.9 Å². The van der Waals surface area contributed by atoms with Crippen molar-refractivity contribution < 1.29 is 19.1 Å². The van der Waals surface area contributed by atoms with E-state index in [0.29, 0.717) is 22.6 Å². The number of hydrazone groups is 1. The van der Waals surface area contributed by atoms with Gasteiger partial charge in [-0.15, -0.1) is 0 Å². The van der Waals surface area contributed by atoms with Crippen molar-refractivity contribution in [3.8, 4) is 11.5 Å². The third kappa shape index (κ3) is 5.08. The van der Waals surface area contributed by atoms with E-state index in [9.17, 15) is 9.59 Å². The second-order valence-electron chi connectivity index (χ2n) is 8.01. The van der Waals surface area contributed by atoms with Gasteiger partial charge in [-0.05, 0) is 40.4 Å². The van der Waals surface area contributed by atoms with Crippen molar-refractivity contribution in [1.29, 1.82) is 0 Å². The Hall–Kier alpha value is -4.97. The van der Waals surface area contributed by atoms with Crippen molar-refractivity contribution in [1.82, 2.24) is 5.43 Å². The van der Waals surface area contributed by atoms with Gasteiger partial charge in [0.1, 0.15) is 11.5 Å². The molecule has 0 heterocycles. The lowest BCUT2D eigenvalue weighted by molar-refractivity contribution is -0.123. The molecular weight excluding hydrogens is 452 g/mol. The van der Waals surface area contributed by atoms with Crippen LogP contribution in [-0.2, 0) is 4.79 Å². The molecule has 0 saturated carbocycles. The maximum absolute atomic E-state index is 12.6. The summed E-state index contributed by atoms with van der Waals surface area (Å²) in [5.41, 5.74) is 3.51. The molecular formula is C30H22N2O4. The first-order chi connectivity index (χ1) is 17.7. The monoisotopic (exact) mass is 474 g/mol.